The van der Waals surface area contributed by atoms with Crippen molar-refractivity contribution in [2.24, 2.45) is 0 Å². The second kappa shape index (κ2) is 7.50. The molecule has 1 aromatic carbocycles. The van der Waals surface area contributed by atoms with E-state index in [1.165, 1.54) is 0 Å². The average molecular weight is 283 g/mol. The molecule has 19 heavy (non-hydrogen) atoms. The zero-order valence-corrected chi connectivity index (χ0v) is 12.1. The third-order valence-electron chi connectivity index (χ3n) is 2.95. The molecule has 0 radical (unpaired) electrons. The summed E-state index contributed by atoms with van der Waals surface area (Å²) in [7, 11) is -0.702. The molecule has 0 amide bonds. The van der Waals surface area contributed by atoms with Gasteiger partial charge in [0.15, 0.2) is 11.5 Å². The van der Waals surface area contributed by atoms with Gasteiger partial charge in [-0.25, -0.2) is 0 Å². The number of para-hydroxylation sites is 1. The molecule has 0 saturated carbocycles. The van der Waals surface area contributed by atoms with Crippen molar-refractivity contribution >= 4 is 10.8 Å². The Morgan fingerprint density at radius 1 is 1.32 bits per heavy atom. The van der Waals surface area contributed by atoms with Gasteiger partial charge in [-0.3, -0.25) is 4.21 Å². The highest BCUT2D eigenvalue weighted by molar-refractivity contribution is 7.84. The fraction of sp³-hybridized carbons (Fsp3) is 0.571. The van der Waals surface area contributed by atoms with Gasteiger partial charge < -0.3 is 14.8 Å². The van der Waals surface area contributed by atoms with E-state index in [0.717, 1.165) is 48.7 Å². The van der Waals surface area contributed by atoms with Crippen molar-refractivity contribution in [3.63, 3.8) is 0 Å². The molecule has 0 fully saturated rings. The van der Waals surface area contributed by atoms with Crippen LogP contribution in [0.15, 0.2) is 18.2 Å². The highest BCUT2D eigenvalue weighted by atomic mass is 32.2. The maximum Gasteiger partial charge on any atom is 0.165 e. The van der Waals surface area contributed by atoms with Crippen molar-refractivity contribution in [3.8, 4) is 11.5 Å². The number of hydrogen-bond acceptors (Lipinski definition) is 4. The number of ether oxygens (including phenoxy) is 2. The third kappa shape index (κ3) is 4.51. The lowest BCUT2D eigenvalue weighted by Gasteiger charge is -2.12. The van der Waals surface area contributed by atoms with E-state index in [-0.39, 0.29) is 0 Å². The van der Waals surface area contributed by atoms with Crippen LogP contribution in [0.1, 0.15) is 18.4 Å². The Hall–Kier alpha value is -1.07. The lowest BCUT2D eigenvalue weighted by atomic mass is 10.2. The predicted molar refractivity (Wildman–Crippen MR) is 77.3 cm³/mol. The van der Waals surface area contributed by atoms with Gasteiger partial charge in [0.2, 0.25) is 0 Å². The van der Waals surface area contributed by atoms with Crippen LogP contribution in [0.4, 0.5) is 0 Å². The number of rotatable bonds is 6. The Labute approximate surface area is 116 Å². The molecule has 106 valence electrons. The van der Waals surface area contributed by atoms with E-state index in [9.17, 15) is 4.21 Å². The van der Waals surface area contributed by atoms with E-state index in [1.807, 2.05) is 12.1 Å². The van der Waals surface area contributed by atoms with Crippen molar-refractivity contribution in [1.82, 2.24) is 5.32 Å². The van der Waals surface area contributed by atoms with Crippen LogP contribution in [0.5, 0.6) is 11.5 Å². The van der Waals surface area contributed by atoms with Crippen LogP contribution in [0.3, 0.4) is 0 Å². The van der Waals surface area contributed by atoms with Crippen LogP contribution in [0, 0.1) is 0 Å². The Balaban J connectivity index is 1.88. The summed E-state index contributed by atoms with van der Waals surface area (Å²) in [4.78, 5) is 0. The summed E-state index contributed by atoms with van der Waals surface area (Å²) >= 11 is 0. The predicted octanol–water partition coefficient (Wildman–Crippen LogP) is 1.71. The van der Waals surface area contributed by atoms with E-state index in [2.05, 4.69) is 11.4 Å². The first kappa shape index (κ1) is 14.3. The van der Waals surface area contributed by atoms with Crippen molar-refractivity contribution in [2.45, 2.75) is 19.4 Å². The molecule has 2 rings (SSSR count). The molecule has 1 N–H and O–H groups in total. The summed E-state index contributed by atoms with van der Waals surface area (Å²) in [5.74, 6) is 2.46. The quantitative estimate of drug-likeness (QED) is 0.807. The SMILES string of the molecule is CS(=O)CCCNCc1cccc2c1OCCCO2. The molecule has 1 aliphatic heterocycles. The second-order valence-electron chi connectivity index (χ2n) is 4.60. The van der Waals surface area contributed by atoms with Crippen molar-refractivity contribution in [1.29, 1.82) is 0 Å². The topological polar surface area (TPSA) is 47.6 Å². The molecule has 0 aliphatic carbocycles. The summed E-state index contributed by atoms with van der Waals surface area (Å²) in [5.41, 5.74) is 1.12. The molecule has 1 aromatic rings. The maximum atomic E-state index is 11.0. The fourth-order valence-electron chi connectivity index (χ4n) is 2.02. The standard InChI is InChI=1S/C14H21NO3S/c1-19(16)10-3-7-15-11-12-5-2-6-13-14(12)18-9-4-8-17-13/h2,5-6,15H,3-4,7-11H2,1H3. The van der Waals surface area contributed by atoms with Crippen LogP contribution in [-0.4, -0.2) is 36.0 Å². The highest BCUT2D eigenvalue weighted by Crippen LogP contribution is 2.32. The molecule has 1 aliphatic rings. The van der Waals surface area contributed by atoms with Gasteiger partial charge in [-0.1, -0.05) is 12.1 Å². The molecular weight excluding hydrogens is 262 g/mol. The molecule has 0 saturated heterocycles. The van der Waals surface area contributed by atoms with Crippen LogP contribution in [-0.2, 0) is 17.3 Å². The molecular formula is C14H21NO3S. The van der Waals surface area contributed by atoms with Gasteiger partial charge in [0.05, 0.1) is 13.2 Å². The molecule has 0 aromatic heterocycles. The van der Waals surface area contributed by atoms with Gasteiger partial charge in [0.1, 0.15) is 0 Å². The summed E-state index contributed by atoms with van der Waals surface area (Å²) in [5, 5.41) is 3.36. The Kier molecular flexibility index (Phi) is 5.66. The van der Waals surface area contributed by atoms with E-state index < -0.39 is 10.8 Å². The van der Waals surface area contributed by atoms with Gasteiger partial charge in [-0.05, 0) is 19.0 Å². The largest absolute Gasteiger partial charge is 0.490 e. The first-order valence-electron chi connectivity index (χ1n) is 6.65. The third-order valence-corrected chi connectivity index (χ3v) is 3.82. The molecule has 4 nitrogen and oxygen atoms in total. The summed E-state index contributed by atoms with van der Waals surface area (Å²) < 4.78 is 22.4. The zero-order valence-electron chi connectivity index (χ0n) is 11.3. The smallest absolute Gasteiger partial charge is 0.165 e. The van der Waals surface area contributed by atoms with Crippen molar-refractivity contribution < 1.29 is 13.7 Å². The van der Waals surface area contributed by atoms with Crippen molar-refractivity contribution in [2.75, 3.05) is 31.8 Å². The van der Waals surface area contributed by atoms with E-state index in [0.29, 0.717) is 13.2 Å². The van der Waals surface area contributed by atoms with E-state index >= 15 is 0 Å². The van der Waals surface area contributed by atoms with Crippen LogP contribution in [0.25, 0.3) is 0 Å². The average Bonchev–Trinajstić information content (AvgIpc) is 2.63. The molecule has 1 heterocycles. The first-order valence-corrected chi connectivity index (χ1v) is 8.38. The molecule has 0 spiro atoms. The minimum Gasteiger partial charge on any atom is -0.490 e. The Bertz CT molecular complexity index is 437. The summed E-state index contributed by atoms with van der Waals surface area (Å²) in [6.45, 7) is 3.04. The number of fused-ring (bicyclic) bond motifs is 1. The number of nitrogens with one attached hydrogen (secondary N) is 1. The molecule has 1 unspecified atom stereocenters. The van der Waals surface area contributed by atoms with Crippen molar-refractivity contribution in [3.05, 3.63) is 23.8 Å². The van der Waals surface area contributed by atoms with Gasteiger partial charge in [0.25, 0.3) is 0 Å². The van der Waals surface area contributed by atoms with Crippen LogP contribution >= 0.6 is 0 Å². The first-order chi connectivity index (χ1) is 9.27. The monoisotopic (exact) mass is 283 g/mol. The second-order valence-corrected chi connectivity index (χ2v) is 6.16. The minimum absolute atomic E-state index is 0.702. The Morgan fingerprint density at radius 2 is 2.16 bits per heavy atom. The lowest BCUT2D eigenvalue weighted by molar-refractivity contribution is 0.296. The van der Waals surface area contributed by atoms with E-state index in [4.69, 9.17) is 9.47 Å². The minimum atomic E-state index is -0.702. The molecule has 0 bridgehead atoms. The summed E-state index contributed by atoms with van der Waals surface area (Å²) in [6.07, 6.45) is 3.58. The fourth-order valence-corrected chi connectivity index (χ4v) is 2.57. The van der Waals surface area contributed by atoms with E-state index in [1.54, 1.807) is 6.26 Å². The van der Waals surface area contributed by atoms with Gasteiger partial charge in [-0.2, -0.15) is 0 Å². The Morgan fingerprint density at radius 3 is 3.00 bits per heavy atom. The number of hydrogen-bond donors (Lipinski definition) is 1. The lowest BCUT2D eigenvalue weighted by Crippen LogP contribution is -2.17. The zero-order chi connectivity index (χ0) is 13.5. The number of benzene rings is 1. The van der Waals surface area contributed by atoms with Crippen LogP contribution < -0.4 is 14.8 Å². The van der Waals surface area contributed by atoms with Gasteiger partial charge >= 0.3 is 0 Å². The highest BCUT2D eigenvalue weighted by Gasteiger charge is 2.13. The molecule has 5 heteroatoms. The van der Waals surface area contributed by atoms with Gasteiger partial charge in [-0.15, -0.1) is 0 Å². The normalized spacial score (nSPS) is 15.8. The summed E-state index contributed by atoms with van der Waals surface area (Å²) in [6, 6.07) is 5.99. The van der Waals surface area contributed by atoms with Crippen LogP contribution in [0.2, 0.25) is 0 Å². The molecule has 1 atom stereocenters. The van der Waals surface area contributed by atoms with Gasteiger partial charge in [0, 0.05) is 41.3 Å². The maximum absolute atomic E-state index is 11.0.